The Hall–Kier alpha value is -2.47. The van der Waals surface area contributed by atoms with Gasteiger partial charge in [-0.2, -0.15) is 0 Å². The second kappa shape index (κ2) is 4.57. The van der Waals surface area contributed by atoms with Crippen molar-refractivity contribution in [2.75, 3.05) is 5.73 Å². The Labute approximate surface area is 113 Å². The minimum absolute atomic E-state index is 0.00455. The molecule has 0 aliphatic rings. The number of rotatable bonds is 2. The first kappa shape index (κ1) is 12.6. The molecule has 0 atom stereocenters. The molecule has 3 N–H and O–H groups in total. The Kier molecular flexibility index (Phi) is 2.87. The lowest BCUT2D eigenvalue weighted by Gasteiger charge is -2.01. The van der Waals surface area contributed by atoms with Gasteiger partial charge < -0.3 is 10.8 Å². The first-order valence-corrected chi connectivity index (χ1v) is 5.93. The summed E-state index contributed by atoms with van der Waals surface area (Å²) in [5, 5.41) is 9.28. The SMILES string of the molecule is Nc1c(-c2cc(F)ccc2F)nc2c(CO)cccn12. The standard InChI is InChI=1S/C14H11F2N3O/c15-9-3-4-11(16)10(6-9)12-13(17)19-5-1-2-8(7-20)14(19)18-12/h1-6,20H,7,17H2. The minimum atomic E-state index is -0.605. The first-order chi connectivity index (χ1) is 9.61. The van der Waals surface area contributed by atoms with E-state index in [4.69, 9.17) is 5.73 Å². The van der Waals surface area contributed by atoms with E-state index in [1.54, 1.807) is 18.3 Å². The molecule has 0 bridgehead atoms. The average molecular weight is 275 g/mol. The molecule has 0 unspecified atom stereocenters. The van der Waals surface area contributed by atoms with Gasteiger partial charge >= 0.3 is 0 Å². The largest absolute Gasteiger partial charge is 0.392 e. The second-order valence-corrected chi connectivity index (χ2v) is 4.35. The number of fused-ring (bicyclic) bond motifs is 1. The molecular weight excluding hydrogens is 264 g/mol. The zero-order chi connectivity index (χ0) is 14.3. The van der Waals surface area contributed by atoms with Gasteiger partial charge in [0.1, 0.15) is 28.8 Å². The molecule has 2 heterocycles. The van der Waals surface area contributed by atoms with Crippen molar-refractivity contribution in [1.29, 1.82) is 0 Å². The van der Waals surface area contributed by atoms with Crippen LogP contribution in [0.5, 0.6) is 0 Å². The van der Waals surface area contributed by atoms with Crippen LogP contribution in [0.15, 0.2) is 36.5 Å². The van der Waals surface area contributed by atoms with Gasteiger partial charge in [-0.3, -0.25) is 4.40 Å². The Morgan fingerprint density at radius 1 is 1.25 bits per heavy atom. The summed E-state index contributed by atoms with van der Waals surface area (Å²) < 4.78 is 28.6. The van der Waals surface area contributed by atoms with Gasteiger partial charge in [0.2, 0.25) is 0 Å². The number of aliphatic hydroxyl groups is 1. The Morgan fingerprint density at radius 3 is 2.80 bits per heavy atom. The van der Waals surface area contributed by atoms with Crippen molar-refractivity contribution >= 4 is 11.5 Å². The molecule has 2 aromatic heterocycles. The first-order valence-electron chi connectivity index (χ1n) is 5.93. The predicted octanol–water partition coefficient (Wildman–Crippen LogP) is 2.35. The highest BCUT2D eigenvalue weighted by Crippen LogP contribution is 2.30. The van der Waals surface area contributed by atoms with Crippen LogP contribution in [0.3, 0.4) is 0 Å². The molecule has 0 fully saturated rings. The number of imidazole rings is 1. The van der Waals surface area contributed by atoms with Crippen LogP contribution in [0.4, 0.5) is 14.6 Å². The van der Waals surface area contributed by atoms with E-state index < -0.39 is 11.6 Å². The van der Waals surface area contributed by atoms with Crippen LogP contribution in [0, 0.1) is 11.6 Å². The zero-order valence-electron chi connectivity index (χ0n) is 10.3. The van der Waals surface area contributed by atoms with Crippen LogP contribution in [-0.4, -0.2) is 14.5 Å². The lowest BCUT2D eigenvalue weighted by Crippen LogP contribution is -1.96. The van der Waals surface area contributed by atoms with Crippen molar-refractivity contribution in [3.05, 3.63) is 53.7 Å². The molecule has 20 heavy (non-hydrogen) atoms. The Morgan fingerprint density at radius 2 is 2.05 bits per heavy atom. The summed E-state index contributed by atoms with van der Waals surface area (Å²) in [4.78, 5) is 4.23. The van der Waals surface area contributed by atoms with Gasteiger partial charge in [0.15, 0.2) is 0 Å². The van der Waals surface area contributed by atoms with Gasteiger partial charge in [-0.05, 0) is 24.3 Å². The monoisotopic (exact) mass is 275 g/mol. The van der Waals surface area contributed by atoms with E-state index in [-0.39, 0.29) is 23.7 Å². The van der Waals surface area contributed by atoms with Gasteiger partial charge in [0.05, 0.1) is 6.61 Å². The smallest absolute Gasteiger partial charge is 0.144 e. The number of nitrogens with zero attached hydrogens (tertiary/aromatic N) is 2. The number of anilines is 1. The number of aliphatic hydroxyl groups excluding tert-OH is 1. The molecule has 0 saturated heterocycles. The van der Waals surface area contributed by atoms with Crippen molar-refractivity contribution in [1.82, 2.24) is 9.38 Å². The number of hydrogen-bond acceptors (Lipinski definition) is 3. The molecule has 0 amide bonds. The molecule has 1 aromatic carbocycles. The third-order valence-corrected chi connectivity index (χ3v) is 3.12. The quantitative estimate of drug-likeness (QED) is 0.754. The van der Waals surface area contributed by atoms with E-state index in [0.717, 1.165) is 18.2 Å². The number of pyridine rings is 1. The third kappa shape index (κ3) is 1.81. The molecule has 3 aromatic rings. The summed E-state index contributed by atoms with van der Waals surface area (Å²) in [7, 11) is 0. The highest BCUT2D eigenvalue weighted by molar-refractivity contribution is 5.76. The van der Waals surface area contributed by atoms with Gasteiger partial charge in [-0.15, -0.1) is 0 Å². The van der Waals surface area contributed by atoms with Crippen molar-refractivity contribution in [3.63, 3.8) is 0 Å². The fourth-order valence-electron chi connectivity index (χ4n) is 2.14. The van der Waals surface area contributed by atoms with Crippen LogP contribution in [0.25, 0.3) is 16.9 Å². The van der Waals surface area contributed by atoms with Crippen molar-refractivity contribution < 1.29 is 13.9 Å². The average Bonchev–Trinajstić information content (AvgIpc) is 2.79. The van der Waals surface area contributed by atoms with E-state index in [0.29, 0.717) is 11.2 Å². The summed E-state index contributed by atoms with van der Waals surface area (Å²) in [6.45, 7) is -0.216. The van der Waals surface area contributed by atoms with Gasteiger partial charge in [-0.1, -0.05) is 6.07 Å². The molecule has 6 heteroatoms. The Bertz CT molecular complexity index is 798. The number of benzene rings is 1. The van der Waals surface area contributed by atoms with Crippen LogP contribution in [0.1, 0.15) is 5.56 Å². The number of nitrogen functional groups attached to an aromatic ring is 1. The minimum Gasteiger partial charge on any atom is -0.392 e. The second-order valence-electron chi connectivity index (χ2n) is 4.35. The molecule has 4 nitrogen and oxygen atoms in total. The maximum absolute atomic E-state index is 13.8. The van der Waals surface area contributed by atoms with Gasteiger partial charge in [-0.25, -0.2) is 13.8 Å². The lowest BCUT2D eigenvalue weighted by atomic mass is 10.1. The van der Waals surface area contributed by atoms with Crippen LogP contribution >= 0.6 is 0 Å². The van der Waals surface area contributed by atoms with Gasteiger partial charge in [0.25, 0.3) is 0 Å². The molecule has 3 rings (SSSR count). The van der Waals surface area contributed by atoms with E-state index in [1.165, 1.54) is 4.40 Å². The topological polar surface area (TPSA) is 63.5 Å². The van der Waals surface area contributed by atoms with Crippen LogP contribution < -0.4 is 5.73 Å². The van der Waals surface area contributed by atoms with Crippen molar-refractivity contribution in [2.24, 2.45) is 0 Å². The lowest BCUT2D eigenvalue weighted by molar-refractivity contribution is 0.282. The van der Waals surface area contributed by atoms with E-state index in [2.05, 4.69) is 4.98 Å². The molecule has 0 aliphatic carbocycles. The molecule has 0 aliphatic heterocycles. The maximum Gasteiger partial charge on any atom is 0.144 e. The third-order valence-electron chi connectivity index (χ3n) is 3.12. The van der Waals surface area contributed by atoms with Gasteiger partial charge in [0, 0.05) is 17.3 Å². The summed E-state index contributed by atoms with van der Waals surface area (Å²) in [6.07, 6.45) is 1.65. The number of hydrogen-bond donors (Lipinski definition) is 2. The molecule has 0 saturated carbocycles. The molecule has 0 radical (unpaired) electrons. The fourth-order valence-corrected chi connectivity index (χ4v) is 2.14. The number of nitrogens with two attached hydrogens (primary N) is 1. The van der Waals surface area contributed by atoms with E-state index in [1.807, 2.05) is 0 Å². The van der Waals surface area contributed by atoms with Crippen LogP contribution in [-0.2, 0) is 6.61 Å². The molecule has 0 spiro atoms. The summed E-state index contributed by atoms with van der Waals surface area (Å²) in [5.74, 6) is -0.980. The fraction of sp³-hybridized carbons (Fsp3) is 0.0714. The summed E-state index contributed by atoms with van der Waals surface area (Å²) in [6, 6.07) is 6.49. The molecular formula is C14H11F2N3O. The highest BCUT2D eigenvalue weighted by Gasteiger charge is 2.17. The maximum atomic E-state index is 13.8. The predicted molar refractivity (Wildman–Crippen MR) is 70.9 cm³/mol. The zero-order valence-corrected chi connectivity index (χ0v) is 10.3. The highest BCUT2D eigenvalue weighted by atomic mass is 19.1. The Balaban J connectivity index is 2.32. The summed E-state index contributed by atoms with van der Waals surface area (Å²) >= 11 is 0. The molecule has 102 valence electrons. The number of halogens is 2. The number of aromatic nitrogens is 2. The normalized spacial score (nSPS) is 11.2. The van der Waals surface area contributed by atoms with E-state index in [9.17, 15) is 13.9 Å². The van der Waals surface area contributed by atoms with Crippen molar-refractivity contribution in [2.45, 2.75) is 6.61 Å². The summed E-state index contributed by atoms with van der Waals surface area (Å²) in [5.41, 5.74) is 7.07. The van der Waals surface area contributed by atoms with Crippen molar-refractivity contribution in [3.8, 4) is 11.3 Å². The van der Waals surface area contributed by atoms with Crippen LogP contribution in [0.2, 0.25) is 0 Å². The van der Waals surface area contributed by atoms with E-state index >= 15 is 0 Å².